The second-order valence-corrected chi connectivity index (χ2v) is 13.3. The van der Waals surface area contributed by atoms with Crippen molar-refractivity contribution in [1.29, 1.82) is 0 Å². The average molecular weight is 591 g/mol. The molecule has 0 saturated carbocycles. The molecular weight excluding hydrogens is 554 g/mol. The Kier molecular flexibility index (Phi) is 10.8. The minimum Gasteiger partial charge on any atom is -0.467 e. The highest BCUT2D eigenvalue weighted by molar-refractivity contribution is 6.48. The Labute approximate surface area is 233 Å². The number of halogens is 6. The first-order chi connectivity index (χ1) is 18.3. The molecule has 1 unspecified atom stereocenters. The Morgan fingerprint density at radius 3 is 1.77 bits per heavy atom. The second-order valence-electron chi connectivity index (χ2n) is 11.0. The number of benzene rings is 2. The average Bonchev–Trinajstić information content (AvgIpc) is 2.84. The van der Waals surface area contributed by atoms with Gasteiger partial charge in [0.2, 0.25) is 0 Å². The number of methoxy groups -OCH3 is 1. The zero-order valence-corrected chi connectivity index (χ0v) is 24.8. The molecule has 4 nitrogen and oxygen atoms in total. The summed E-state index contributed by atoms with van der Waals surface area (Å²) in [5.41, 5.74) is -2.74. The summed E-state index contributed by atoms with van der Waals surface area (Å²) in [5, 5.41) is 0. The second kappa shape index (κ2) is 12.9. The highest BCUT2D eigenvalue weighted by Gasteiger charge is 2.42. The lowest BCUT2D eigenvalue weighted by atomic mass is 9.76. The summed E-state index contributed by atoms with van der Waals surface area (Å²) in [6.45, 7) is 15.3. The third-order valence-corrected chi connectivity index (χ3v) is 7.07. The van der Waals surface area contributed by atoms with Crippen molar-refractivity contribution >= 4 is 15.0 Å². The van der Waals surface area contributed by atoms with Crippen molar-refractivity contribution in [2.45, 2.75) is 77.4 Å². The van der Waals surface area contributed by atoms with Crippen LogP contribution in [0.3, 0.4) is 0 Å². The Balaban J connectivity index is 2.67. The van der Waals surface area contributed by atoms with E-state index in [2.05, 4.69) is 6.58 Å². The predicted molar refractivity (Wildman–Crippen MR) is 143 cm³/mol. The van der Waals surface area contributed by atoms with Crippen LogP contribution in [0.1, 0.15) is 62.0 Å². The molecule has 2 aromatic rings. The van der Waals surface area contributed by atoms with Gasteiger partial charge in [-0.1, -0.05) is 57.7 Å². The first-order valence-electron chi connectivity index (χ1n) is 12.7. The Morgan fingerprint density at radius 2 is 1.38 bits per heavy atom. The van der Waals surface area contributed by atoms with E-state index >= 15 is 0 Å². The first-order valence-corrected chi connectivity index (χ1v) is 15.5. The largest absolute Gasteiger partial charge is 0.467 e. The van der Waals surface area contributed by atoms with Gasteiger partial charge in [0.25, 0.3) is 0 Å². The standard InChI is InChI=1S/C29H36F6O4Si/c1-17(25(27(3,4)5)39-40(7)8)23(19-12-10-9-11-13-19)24(26(36)37-6)38-18(2)20-14-21(28(30,31)32)16-22(15-20)29(33,34)35/h9-16,18,23-25,40H,1H2,2-8H3/t18-,23-,24+,25?/m1/s1. The van der Waals surface area contributed by atoms with E-state index in [1.807, 2.05) is 33.9 Å². The number of carbonyl (C=O) groups excluding carboxylic acids is 1. The van der Waals surface area contributed by atoms with Crippen molar-refractivity contribution < 1.29 is 45.0 Å². The minimum atomic E-state index is -5.03. The van der Waals surface area contributed by atoms with Gasteiger partial charge in [0.1, 0.15) is 0 Å². The molecule has 0 aliphatic carbocycles. The van der Waals surface area contributed by atoms with Gasteiger partial charge in [-0.15, -0.1) is 0 Å². The van der Waals surface area contributed by atoms with Crippen LogP contribution in [0, 0.1) is 5.41 Å². The van der Waals surface area contributed by atoms with Gasteiger partial charge in [-0.2, -0.15) is 26.3 Å². The van der Waals surface area contributed by atoms with Gasteiger partial charge in [-0.05, 0) is 60.3 Å². The molecule has 4 atom stereocenters. The molecule has 0 radical (unpaired) electrons. The zero-order chi connectivity index (χ0) is 30.6. The number of rotatable bonds is 10. The number of esters is 1. The molecule has 0 aromatic heterocycles. The fraction of sp³-hybridized carbons (Fsp3) is 0.483. The van der Waals surface area contributed by atoms with Crippen LogP contribution in [0.25, 0.3) is 0 Å². The summed E-state index contributed by atoms with van der Waals surface area (Å²) in [7, 11) is -0.512. The van der Waals surface area contributed by atoms with Crippen LogP contribution in [0.2, 0.25) is 13.1 Å². The van der Waals surface area contributed by atoms with Gasteiger partial charge < -0.3 is 13.9 Å². The van der Waals surface area contributed by atoms with Gasteiger partial charge in [0, 0.05) is 5.92 Å². The molecule has 0 saturated heterocycles. The van der Waals surface area contributed by atoms with Gasteiger partial charge in [0.15, 0.2) is 15.1 Å². The highest BCUT2D eigenvalue weighted by Crippen LogP contribution is 2.42. The van der Waals surface area contributed by atoms with Crippen LogP contribution in [0.5, 0.6) is 0 Å². The molecule has 11 heteroatoms. The maximum atomic E-state index is 13.5. The van der Waals surface area contributed by atoms with Gasteiger partial charge in [-0.3, -0.25) is 0 Å². The fourth-order valence-electron chi connectivity index (χ4n) is 4.43. The molecule has 0 aliphatic heterocycles. The van der Waals surface area contributed by atoms with Gasteiger partial charge in [0.05, 0.1) is 30.4 Å². The third kappa shape index (κ3) is 8.68. The van der Waals surface area contributed by atoms with Crippen LogP contribution < -0.4 is 0 Å². The lowest BCUT2D eigenvalue weighted by molar-refractivity contribution is -0.159. The van der Waals surface area contributed by atoms with E-state index in [1.54, 1.807) is 30.3 Å². The maximum absolute atomic E-state index is 13.5. The van der Waals surface area contributed by atoms with E-state index in [0.29, 0.717) is 23.3 Å². The highest BCUT2D eigenvalue weighted by atomic mass is 28.3. The summed E-state index contributed by atoms with van der Waals surface area (Å²) in [6, 6.07) is 9.93. The van der Waals surface area contributed by atoms with Crippen molar-refractivity contribution in [2.75, 3.05) is 7.11 Å². The number of ether oxygens (including phenoxy) is 2. The SMILES string of the molecule is C=C(C(O[SiH](C)C)C(C)(C)C)[C@H](c1ccccc1)[C@H](O[C@H](C)c1cc(C(F)(F)F)cc(C(F)(F)F)c1)C(=O)OC. The lowest BCUT2D eigenvalue weighted by Crippen LogP contribution is -2.41. The van der Waals surface area contributed by atoms with E-state index in [0.717, 1.165) is 7.11 Å². The van der Waals surface area contributed by atoms with Crippen molar-refractivity contribution in [1.82, 2.24) is 0 Å². The molecule has 0 spiro atoms. The number of hydrogen-bond donors (Lipinski definition) is 0. The Hall–Kier alpha value is -2.63. The molecule has 0 fully saturated rings. The number of hydrogen-bond acceptors (Lipinski definition) is 4. The van der Waals surface area contributed by atoms with Crippen LogP contribution in [0.15, 0.2) is 60.7 Å². The molecular formula is C29H36F6O4Si. The molecule has 2 aromatic carbocycles. The Bertz CT molecular complexity index is 1120. The fourth-order valence-corrected chi connectivity index (χ4v) is 5.55. The molecule has 222 valence electrons. The normalized spacial score (nSPS) is 15.8. The summed E-state index contributed by atoms with van der Waals surface area (Å²) in [4.78, 5) is 13.2. The summed E-state index contributed by atoms with van der Waals surface area (Å²) in [6.07, 6.45) is -13.4. The Morgan fingerprint density at radius 1 is 0.875 bits per heavy atom. The number of carbonyl (C=O) groups is 1. The number of alkyl halides is 6. The molecule has 2 rings (SSSR count). The minimum absolute atomic E-state index is 0.0453. The topological polar surface area (TPSA) is 44.8 Å². The summed E-state index contributed by atoms with van der Waals surface area (Å²) < 4.78 is 98.3. The van der Waals surface area contributed by atoms with E-state index in [1.165, 1.54) is 6.92 Å². The maximum Gasteiger partial charge on any atom is 0.416 e. The van der Waals surface area contributed by atoms with E-state index in [4.69, 9.17) is 13.9 Å². The molecule has 0 heterocycles. The van der Waals surface area contributed by atoms with Crippen molar-refractivity contribution in [3.63, 3.8) is 0 Å². The van der Waals surface area contributed by atoms with Gasteiger partial charge in [-0.25, -0.2) is 4.79 Å². The quantitative estimate of drug-likeness (QED) is 0.121. The van der Waals surface area contributed by atoms with Gasteiger partial charge >= 0.3 is 18.3 Å². The van der Waals surface area contributed by atoms with Crippen molar-refractivity contribution in [3.05, 3.63) is 82.9 Å². The summed E-state index contributed by atoms with van der Waals surface area (Å²) >= 11 is 0. The van der Waals surface area contributed by atoms with Crippen LogP contribution in [0.4, 0.5) is 26.3 Å². The van der Waals surface area contributed by atoms with Crippen molar-refractivity contribution in [3.8, 4) is 0 Å². The molecule has 0 bridgehead atoms. The van der Waals surface area contributed by atoms with E-state index in [-0.39, 0.29) is 6.07 Å². The van der Waals surface area contributed by atoms with E-state index in [9.17, 15) is 31.1 Å². The van der Waals surface area contributed by atoms with E-state index < -0.39 is 73.7 Å². The molecule has 0 aliphatic rings. The molecule has 0 amide bonds. The van der Waals surface area contributed by atoms with Crippen molar-refractivity contribution in [2.24, 2.45) is 5.41 Å². The first kappa shape index (κ1) is 33.6. The molecule has 40 heavy (non-hydrogen) atoms. The van der Waals surface area contributed by atoms with Crippen LogP contribution >= 0.6 is 0 Å². The lowest BCUT2D eigenvalue weighted by Gasteiger charge is -2.39. The molecule has 0 N–H and O–H groups in total. The monoisotopic (exact) mass is 590 g/mol. The zero-order valence-electron chi connectivity index (χ0n) is 23.6. The predicted octanol–water partition coefficient (Wildman–Crippen LogP) is 8.10. The summed E-state index contributed by atoms with van der Waals surface area (Å²) in [5.74, 6) is -1.75. The van der Waals surface area contributed by atoms with Crippen LogP contribution in [-0.2, 0) is 31.0 Å². The van der Waals surface area contributed by atoms with Crippen LogP contribution in [-0.4, -0.2) is 34.3 Å². The third-order valence-electron chi connectivity index (χ3n) is 6.26. The smallest absolute Gasteiger partial charge is 0.416 e.